The fourth-order valence-corrected chi connectivity index (χ4v) is 2.36. The van der Waals surface area contributed by atoms with Gasteiger partial charge in [0.1, 0.15) is 0 Å². The molecule has 3 heteroatoms. The molecule has 0 aliphatic heterocycles. The standard InChI is InChI=1S/C14H12N2S/c1-2-4-13-9-11(5-6-12(13)3-1)10-16-14-15-7-8-17-14/h1-9H,10H2,(H,15,16). The summed E-state index contributed by atoms with van der Waals surface area (Å²) >= 11 is 1.62. The molecule has 0 saturated carbocycles. The maximum atomic E-state index is 4.20. The summed E-state index contributed by atoms with van der Waals surface area (Å²) in [5.74, 6) is 0. The van der Waals surface area contributed by atoms with Gasteiger partial charge in [-0.25, -0.2) is 4.98 Å². The van der Waals surface area contributed by atoms with Crippen LogP contribution in [0.1, 0.15) is 5.56 Å². The predicted octanol–water partition coefficient (Wildman–Crippen LogP) is 3.91. The summed E-state index contributed by atoms with van der Waals surface area (Å²) in [6, 6.07) is 14.9. The van der Waals surface area contributed by atoms with E-state index < -0.39 is 0 Å². The highest BCUT2D eigenvalue weighted by atomic mass is 32.1. The molecule has 0 spiro atoms. The van der Waals surface area contributed by atoms with Gasteiger partial charge in [0.2, 0.25) is 0 Å². The summed E-state index contributed by atoms with van der Waals surface area (Å²) < 4.78 is 0. The highest BCUT2D eigenvalue weighted by Gasteiger charge is 1.97. The topological polar surface area (TPSA) is 24.9 Å². The van der Waals surface area contributed by atoms with Gasteiger partial charge >= 0.3 is 0 Å². The van der Waals surface area contributed by atoms with Crippen LogP contribution in [-0.4, -0.2) is 4.98 Å². The molecular weight excluding hydrogens is 228 g/mol. The maximum Gasteiger partial charge on any atom is 0.182 e. The summed E-state index contributed by atoms with van der Waals surface area (Å²) in [5.41, 5.74) is 1.28. The number of nitrogens with one attached hydrogen (secondary N) is 1. The molecule has 0 amide bonds. The second-order valence-electron chi connectivity index (χ2n) is 3.87. The van der Waals surface area contributed by atoms with Crippen LogP contribution in [0.25, 0.3) is 10.8 Å². The molecule has 0 atom stereocenters. The number of nitrogens with zero attached hydrogens (tertiary/aromatic N) is 1. The third kappa shape index (κ3) is 2.29. The van der Waals surface area contributed by atoms with Crippen LogP contribution in [0.2, 0.25) is 0 Å². The molecule has 2 aromatic carbocycles. The molecule has 0 saturated heterocycles. The number of hydrogen-bond acceptors (Lipinski definition) is 3. The van der Waals surface area contributed by atoms with Crippen LogP contribution in [-0.2, 0) is 6.54 Å². The molecule has 3 aromatic rings. The van der Waals surface area contributed by atoms with E-state index in [9.17, 15) is 0 Å². The first kappa shape index (κ1) is 10.3. The second kappa shape index (κ2) is 4.55. The Hall–Kier alpha value is -1.87. The van der Waals surface area contributed by atoms with Crippen molar-refractivity contribution in [2.75, 3.05) is 5.32 Å². The van der Waals surface area contributed by atoms with Gasteiger partial charge in [0.15, 0.2) is 5.13 Å². The minimum absolute atomic E-state index is 0.818. The molecule has 0 unspecified atom stereocenters. The fraction of sp³-hybridized carbons (Fsp3) is 0.0714. The van der Waals surface area contributed by atoms with E-state index in [0.29, 0.717) is 0 Å². The van der Waals surface area contributed by atoms with Crippen LogP contribution < -0.4 is 5.32 Å². The van der Waals surface area contributed by atoms with Crippen molar-refractivity contribution in [3.05, 3.63) is 59.6 Å². The first-order valence-corrected chi connectivity index (χ1v) is 6.41. The first-order valence-electron chi connectivity index (χ1n) is 5.53. The van der Waals surface area contributed by atoms with Gasteiger partial charge in [-0.15, -0.1) is 11.3 Å². The van der Waals surface area contributed by atoms with Crippen molar-refractivity contribution in [2.24, 2.45) is 0 Å². The van der Waals surface area contributed by atoms with Crippen molar-refractivity contribution in [1.29, 1.82) is 0 Å². The number of rotatable bonds is 3. The SMILES string of the molecule is c1ccc2cc(CNc3nccs3)ccc2c1. The molecule has 0 aliphatic rings. The molecule has 0 radical (unpaired) electrons. The van der Waals surface area contributed by atoms with Crippen LogP contribution >= 0.6 is 11.3 Å². The Morgan fingerprint density at radius 3 is 2.76 bits per heavy atom. The lowest BCUT2D eigenvalue weighted by Crippen LogP contribution is -1.98. The van der Waals surface area contributed by atoms with E-state index in [2.05, 4.69) is 52.8 Å². The first-order chi connectivity index (χ1) is 8.42. The molecule has 2 nitrogen and oxygen atoms in total. The van der Waals surface area contributed by atoms with Gasteiger partial charge in [0, 0.05) is 18.1 Å². The molecule has 0 bridgehead atoms. The summed E-state index contributed by atoms with van der Waals surface area (Å²) in [6.07, 6.45) is 1.81. The summed E-state index contributed by atoms with van der Waals surface area (Å²) in [4.78, 5) is 4.20. The van der Waals surface area contributed by atoms with Gasteiger partial charge in [-0.05, 0) is 22.4 Å². The molecule has 1 aromatic heterocycles. The number of hydrogen-bond donors (Lipinski definition) is 1. The molecule has 0 aliphatic carbocycles. The zero-order valence-corrected chi connectivity index (χ0v) is 10.1. The second-order valence-corrected chi connectivity index (χ2v) is 4.77. The van der Waals surface area contributed by atoms with Gasteiger partial charge in [-0.3, -0.25) is 0 Å². The van der Waals surface area contributed by atoms with E-state index in [0.717, 1.165) is 11.7 Å². The summed E-state index contributed by atoms with van der Waals surface area (Å²) in [5, 5.41) is 8.82. The van der Waals surface area contributed by atoms with E-state index >= 15 is 0 Å². The van der Waals surface area contributed by atoms with E-state index in [4.69, 9.17) is 0 Å². The monoisotopic (exact) mass is 240 g/mol. The highest BCUT2D eigenvalue weighted by molar-refractivity contribution is 7.13. The predicted molar refractivity (Wildman–Crippen MR) is 73.4 cm³/mol. The number of aromatic nitrogens is 1. The van der Waals surface area contributed by atoms with Crippen molar-refractivity contribution in [3.63, 3.8) is 0 Å². The van der Waals surface area contributed by atoms with Gasteiger partial charge in [-0.2, -0.15) is 0 Å². The number of fused-ring (bicyclic) bond motifs is 1. The lowest BCUT2D eigenvalue weighted by atomic mass is 10.1. The van der Waals surface area contributed by atoms with E-state index in [1.54, 1.807) is 11.3 Å². The maximum absolute atomic E-state index is 4.20. The molecule has 1 heterocycles. The van der Waals surface area contributed by atoms with Crippen molar-refractivity contribution in [2.45, 2.75) is 6.54 Å². The average Bonchev–Trinajstić information content (AvgIpc) is 2.89. The molecule has 84 valence electrons. The largest absolute Gasteiger partial charge is 0.357 e. The third-order valence-corrected chi connectivity index (χ3v) is 3.42. The number of thiazole rings is 1. The van der Waals surface area contributed by atoms with Crippen molar-refractivity contribution < 1.29 is 0 Å². The van der Waals surface area contributed by atoms with Crippen molar-refractivity contribution in [3.8, 4) is 0 Å². The Bertz CT molecular complexity index is 617. The molecule has 17 heavy (non-hydrogen) atoms. The third-order valence-electron chi connectivity index (χ3n) is 2.69. The quantitative estimate of drug-likeness (QED) is 0.750. The molecule has 0 fully saturated rings. The smallest absolute Gasteiger partial charge is 0.182 e. The van der Waals surface area contributed by atoms with Gasteiger partial charge in [0.25, 0.3) is 0 Å². The molecular formula is C14H12N2S. The Labute approximate surface area is 104 Å². The minimum atomic E-state index is 0.818. The zero-order chi connectivity index (χ0) is 11.5. The van der Waals surface area contributed by atoms with E-state index in [1.807, 2.05) is 11.6 Å². The Balaban J connectivity index is 1.81. The lowest BCUT2D eigenvalue weighted by Gasteiger charge is -2.04. The van der Waals surface area contributed by atoms with Crippen LogP contribution in [0.4, 0.5) is 5.13 Å². The summed E-state index contributed by atoms with van der Waals surface area (Å²) in [7, 11) is 0. The van der Waals surface area contributed by atoms with Gasteiger partial charge in [0.05, 0.1) is 0 Å². The average molecular weight is 240 g/mol. The Morgan fingerprint density at radius 2 is 1.94 bits per heavy atom. The normalized spacial score (nSPS) is 10.6. The zero-order valence-electron chi connectivity index (χ0n) is 9.26. The Morgan fingerprint density at radius 1 is 1.06 bits per heavy atom. The minimum Gasteiger partial charge on any atom is -0.357 e. The van der Waals surface area contributed by atoms with Gasteiger partial charge < -0.3 is 5.32 Å². The van der Waals surface area contributed by atoms with Gasteiger partial charge in [-0.1, -0.05) is 36.4 Å². The number of anilines is 1. The van der Waals surface area contributed by atoms with Crippen molar-refractivity contribution in [1.82, 2.24) is 4.98 Å². The summed E-state index contributed by atoms with van der Waals surface area (Å²) in [6.45, 7) is 0.818. The van der Waals surface area contributed by atoms with Crippen molar-refractivity contribution >= 4 is 27.2 Å². The molecule has 3 rings (SSSR count). The molecule has 1 N–H and O–H groups in total. The Kier molecular flexibility index (Phi) is 2.76. The van der Waals surface area contributed by atoms with Crippen LogP contribution in [0.3, 0.4) is 0 Å². The highest BCUT2D eigenvalue weighted by Crippen LogP contribution is 2.17. The van der Waals surface area contributed by atoms with Crippen LogP contribution in [0.5, 0.6) is 0 Å². The van der Waals surface area contributed by atoms with Crippen LogP contribution in [0, 0.1) is 0 Å². The lowest BCUT2D eigenvalue weighted by molar-refractivity contribution is 1.14. The van der Waals surface area contributed by atoms with E-state index in [-0.39, 0.29) is 0 Å². The fourth-order valence-electron chi connectivity index (χ4n) is 1.84. The van der Waals surface area contributed by atoms with E-state index in [1.165, 1.54) is 16.3 Å². The number of benzene rings is 2. The van der Waals surface area contributed by atoms with Crippen LogP contribution in [0.15, 0.2) is 54.0 Å².